The second kappa shape index (κ2) is 5.10. The van der Waals surface area contributed by atoms with E-state index >= 15 is 0 Å². The molecule has 0 radical (unpaired) electrons. The zero-order valence-corrected chi connectivity index (χ0v) is 12.1. The van der Waals surface area contributed by atoms with Crippen molar-refractivity contribution >= 4 is 34.0 Å². The molecule has 20 heavy (non-hydrogen) atoms. The Hall–Kier alpha value is -2.13. The van der Waals surface area contributed by atoms with Gasteiger partial charge in [0.15, 0.2) is 0 Å². The van der Waals surface area contributed by atoms with Crippen LogP contribution in [-0.2, 0) is 0 Å². The van der Waals surface area contributed by atoms with Gasteiger partial charge in [-0.1, -0.05) is 29.3 Å². The highest BCUT2D eigenvalue weighted by molar-refractivity contribution is 6.31. The summed E-state index contributed by atoms with van der Waals surface area (Å²) < 4.78 is 0. The molecule has 0 fully saturated rings. The first kappa shape index (κ1) is 12.9. The number of benzene rings is 2. The molecular weight excluding hydrogens is 270 g/mol. The maximum Gasteiger partial charge on any atom is 0.144 e. The zero-order valence-electron chi connectivity index (χ0n) is 11.3. The maximum atomic E-state index is 6.01. The van der Waals surface area contributed by atoms with Gasteiger partial charge in [-0.15, -0.1) is 0 Å². The van der Waals surface area contributed by atoms with Gasteiger partial charge < -0.3 is 4.90 Å². The highest BCUT2D eigenvalue weighted by atomic mass is 35.5. The van der Waals surface area contributed by atoms with Crippen LogP contribution in [0.1, 0.15) is 5.56 Å². The molecule has 4 heteroatoms. The van der Waals surface area contributed by atoms with Gasteiger partial charge in [0.05, 0.1) is 5.52 Å². The van der Waals surface area contributed by atoms with Crippen LogP contribution in [0, 0.1) is 6.92 Å². The van der Waals surface area contributed by atoms with Crippen LogP contribution >= 0.6 is 11.6 Å². The molecule has 0 aliphatic carbocycles. The molecule has 0 saturated heterocycles. The number of halogens is 1. The average molecular weight is 284 g/mol. The lowest BCUT2D eigenvalue weighted by Gasteiger charge is -2.19. The molecule has 100 valence electrons. The first-order valence-corrected chi connectivity index (χ1v) is 6.73. The van der Waals surface area contributed by atoms with Crippen LogP contribution in [0.15, 0.2) is 48.8 Å². The molecule has 0 aliphatic rings. The van der Waals surface area contributed by atoms with Crippen molar-refractivity contribution in [2.75, 3.05) is 11.9 Å². The van der Waals surface area contributed by atoms with Gasteiger partial charge in [0.2, 0.25) is 0 Å². The molecule has 0 amide bonds. The van der Waals surface area contributed by atoms with E-state index in [1.54, 1.807) is 6.33 Å². The SMILES string of the molecule is Cc1ccc(N(C)c2ncnc3cc(Cl)ccc23)cc1. The van der Waals surface area contributed by atoms with E-state index in [9.17, 15) is 0 Å². The van der Waals surface area contributed by atoms with Gasteiger partial charge in [-0.2, -0.15) is 0 Å². The van der Waals surface area contributed by atoms with E-state index in [2.05, 4.69) is 46.1 Å². The third-order valence-electron chi connectivity index (χ3n) is 3.32. The molecule has 1 aromatic heterocycles. The number of nitrogens with zero attached hydrogens (tertiary/aromatic N) is 3. The Morgan fingerprint density at radius 1 is 1.00 bits per heavy atom. The van der Waals surface area contributed by atoms with Crippen LogP contribution in [0.3, 0.4) is 0 Å². The van der Waals surface area contributed by atoms with Crippen molar-refractivity contribution in [3.05, 3.63) is 59.4 Å². The molecule has 3 aromatic rings. The van der Waals surface area contributed by atoms with Crippen molar-refractivity contribution in [1.29, 1.82) is 0 Å². The number of rotatable bonds is 2. The van der Waals surface area contributed by atoms with Crippen molar-refractivity contribution in [2.45, 2.75) is 6.92 Å². The lowest BCUT2D eigenvalue weighted by atomic mass is 10.2. The summed E-state index contributed by atoms with van der Waals surface area (Å²) in [4.78, 5) is 10.7. The Morgan fingerprint density at radius 3 is 2.50 bits per heavy atom. The third-order valence-corrected chi connectivity index (χ3v) is 3.55. The topological polar surface area (TPSA) is 29.0 Å². The van der Waals surface area contributed by atoms with Crippen LogP contribution in [0.25, 0.3) is 10.9 Å². The monoisotopic (exact) mass is 283 g/mol. The lowest BCUT2D eigenvalue weighted by Crippen LogP contribution is -2.11. The summed E-state index contributed by atoms with van der Waals surface area (Å²) in [6.45, 7) is 2.08. The zero-order chi connectivity index (χ0) is 14.1. The summed E-state index contributed by atoms with van der Waals surface area (Å²) in [7, 11) is 2.00. The Labute approximate surface area is 122 Å². The molecule has 0 bridgehead atoms. The van der Waals surface area contributed by atoms with Crippen LogP contribution in [0.4, 0.5) is 11.5 Å². The Balaban J connectivity index is 2.11. The molecule has 0 spiro atoms. The first-order valence-electron chi connectivity index (χ1n) is 6.36. The van der Waals surface area contributed by atoms with Crippen molar-refractivity contribution in [1.82, 2.24) is 9.97 Å². The molecule has 0 unspecified atom stereocenters. The molecule has 1 heterocycles. The normalized spacial score (nSPS) is 10.8. The van der Waals surface area contributed by atoms with Crippen LogP contribution in [0.2, 0.25) is 5.02 Å². The van der Waals surface area contributed by atoms with E-state index in [1.807, 2.05) is 25.2 Å². The van der Waals surface area contributed by atoms with E-state index in [1.165, 1.54) is 5.56 Å². The van der Waals surface area contributed by atoms with E-state index in [0.29, 0.717) is 5.02 Å². The van der Waals surface area contributed by atoms with Crippen LogP contribution in [-0.4, -0.2) is 17.0 Å². The number of fused-ring (bicyclic) bond motifs is 1. The van der Waals surface area contributed by atoms with E-state index in [4.69, 9.17) is 11.6 Å². The minimum atomic E-state index is 0.681. The number of aromatic nitrogens is 2. The summed E-state index contributed by atoms with van der Waals surface area (Å²) in [5.41, 5.74) is 3.17. The number of aryl methyl sites for hydroxylation is 1. The average Bonchev–Trinajstić information content (AvgIpc) is 2.46. The van der Waals surface area contributed by atoms with Crippen molar-refractivity contribution < 1.29 is 0 Å². The van der Waals surface area contributed by atoms with Gasteiger partial charge >= 0.3 is 0 Å². The largest absolute Gasteiger partial charge is 0.329 e. The Morgan fingerprint density at radius 2 is 1.75 bits per heavy atom. The van der Waals surface area contributed by atoms with Crippen molar-refractivity contribution in [3.8, 4) is 0 Å². The predicted molar refractivity (Wildman–Crippen MR) is 83.8 cm³/mol. The van der Waals surface area contributed by atoms with Crippen LogP contribution in [0.5, 0.6) is 0 Å². The van der Waals surface area contributed by atoms with E-state index < -0.39 is 0 Å². The van der Waals surface area contributed by atoms with E-state index in [-0.39, 0.29) is 0 Å². The highest BCUT2D eigenvalue weighted by Crippen LogP contribution is 2.29. The minimum absolute atomic E-state index is 0.681. The van der Waals surface area contributed by atoms with Gasteiger partial charge in [-0.05, 0) is 37.3 Å². The second-order valence-corrected chi connectivity index (χ2v) is 5.19. The maximum absolute atomic E-state index is 6.01. The molecular formula is C16H14ClN3. The van der Waals surface area contributed by atoms with Crippen molar-refractivity contribution in [3.63, 3.8) is 0 Å². The summed E-state index contributed by atoms with van der Waals surface area (Å²) >= 11 is 6.01. The van der Waals surface area contributed by atoms with Crippen LogP contribution < -0.4 is 4.90 Å². The fourth-order valence-corrected chi connectivity index (χ4v) is 2.34. The second-order valence-electron chi connectivity index (χ2n) is 4.75. The Bertz CT molecular complexity index is 753. The molecule has 0 N–H and O–H groups in total. The molecule has 2 aromatic carbocycles. The molecule has 0 aliphatic heterocycles. The van der Waals surface area contributed by atoms with Gasteiger partial charge in [-0.25, -0.2) is 9.97 Å². The number of hydrogen-bond donors (Lipinski definition) is 0. The summed E-state index contributed by atoms with van der Waals surface area (Å²) in [5.74, 6) is 0.871. The quantitative estimate of drug-likeness (QED) is 0.700. The van der Waals surface area contributed by atoms with Gasteiger partial charge in [-0.3, -0.25) is 0 Å². The van der Waals surface area contributed by atoms with Gasteiger partial charge in [0.25, 0.3) is 0 Å². The molecule has 3 rings (SSSR count). The standard InChI is InChI=1S/C16H14ClN3/c1-11-3-6-13(7-4-11)20(2)16-14-8-5-12(17)9-15(14)18-10-19-16/h3-10H,1-2H3. The molecule has 3 nitrogen and oxygen atoms in total. The fourth-order valence-electron chi connectivity index (χ4n) is 2.17. The number of hydrogen-bond acceptors (Lipinski definition) is 3. The van der Waals surface area contributed by atoms with Gasteiger partial charge in [0, 0.05) is 23.1 Å². The summed E-state index contributed by atoms with van der Waals surface area (Å²) in [5, 5.41) is 1.67. The predicted octanol–water partition coefficient (Wildman–Crippen LogP) is 4.36. The van der Waals surface area contributed by atoms with Crippen molar-refractivity contribution in [2.24, 2.45) is 0 Å². The summed E-state index contributed by atoms with van der Waals surface area (Å²) in [6, 6.07) is 14.0. The van der Waals surface area contributed by atoms with E-state index in [0.717, 1.165) is 22.4 Å². The molecule has 0 saturated carbocycles. The summed E-state index contributed by atoms with van der Waals surface area (Å²) in [6.07, 6.45) is 1.57. The fraction of sp³-hybridized carbons (Fsp3) is 0.125. The smallest absolute Gasteiger partial charge is 0.144 e. The minimum Gasteiger partial charge on any atom is -0.329 e. The molecule has 0 atom stereocenters. The Kier molecular flexibility index (Phi) is 3.28. The first-order chi connectivity index (χ1) is 9.65. The number of anilines is 2. The highest BCUT2D eigenvalue weighted by Gasteiger charge is 2.10. The lowest BCUT2D eigenvalue weighted by molar-refractivity contribution is 1.11. The third kappa shape index (κ3) is 2.32. The van der Waals surface area contributed by atoms with Gasteiger partial charge in [0.1, 0.15) is 12.1 Å².